The minimum absolute atomic E-state index is 0.998. The predicted octanol–water partition coefficient (Wildman–Crippen LogP) is 32.0. The van der Waals surface area contributed by atoms with Crippen LogP contribution in [0.4, 0.5) is 0 Å². The first-order valence-electron chi connectivity index (χ1n) is 42.5. The van der Waals surface area contributed by atoms with Gasteiger partial charge in [0, 0.05) is 81.7 Å². The van der Waals surface area contributed by atoms with Crippen LogP contribution in [0.5, 0.6) is 0 Å². The van der Waals surface area contributed by atoms with Crippen molar-refractivity contribution in [3.8, 4) is 167 Å². The van der Waals surface area contributed by atoms with Crippen LogP contribution in [0.25, 0.3) is 167 Å². The molecule has 5 aromatic heterocycles. The van der Waals surface area contributed by atoms with Gasteiger partial charge < -0.3 is 0 Å². The van der Waals surface area contributed by atoms with Gasteiger partial charge in [-0.15, -0.1) is 0 Å². The number of nitrogens with zero attached hydrogens (tertiary/aromatic N) is 5. The van der Waals surface area contributed by atoms with Crippen molar-refractivity contribution in [2.45, 2.75) is 34.6 Å². The Morgan fingerprint density at radius 3 is 0.752 bits per heavy atom. The lowest BCUT2D eigenvalue weighted by atomic mass is 9.90. The van der Waals surface area contributed by atoms with E-state index in [0.29, 0.717) is 0 Å². The van der Waals surface area contributed by atoms with Gasteiger partial charge in [0.25, 0.3) is 0 Å². The second-order valence-corrected chi connectivity index (χ2v) is 30.8. The Morgan fingerprint density at radius 2 is 0.368 bits per heavy atom. The van der Waals surface area contributed by atoms with Crippen molar-refractivity contribution in [3.05, 3.63) is 514 Å². The van der Waals surface area contributed by atoms with Crippen LogP contribution < -0.4 is 0 Å². The van der Waals surface area contributed by atoms with E-state index in [2.05, 4.69) is 432 Å². The van der Waals surface area contributed by atoms with Crippen LogP contribution in [-0.4, -0.2) is 24.9 Å². The van der Waals surface area contributed by atoms with Crippen molar-refractivity contribution >= 4 is 0 Å². The molecule has 15 aromatic carbocycles. The van der Waals surface area contributed by atoms with Gasteiger partial charge in [-0.25, -0.2) is 0 Å². The quantitative estimate of drug-likeness (QED) is 0.102. The van der Waals surface area contributed by atoms with E-state index in [1.54, 1.807) is 0 Å². The molecule has 0 saturated heterocycles. The van der Waals surface area contributed by atoms with Crippen molar-refractivity contribution in [1.82, 2.24) is 24.9 Å². The summed E-state index contributed by atoms with van der Waals surface area (Å²) in [4.78, 5) is 23.0. The second kappa shape index (κ2) is 40.9. The average molecular weight is 1610 g/mol. The first-order chi connectivity index (χ1) is 61.6. The minimum atomic E-state index is 0.998. The van der Waals surface area contributed by atoms with Crippen LogP contribution in [0.15, 0.2) is 486 Å². The van der Waals surface area contributed by atoms with Crippen LogP contribution in [0.1, 0.15) is 27.8 Å². The maximum absolute atomic E-state index is 4.75. The fraction of sp³-hybridized carbons (Fsp3) is 0.0417. The molecule has 0 atom stereocenters. The van der Waals surface area contributed by atoms with Crippen molar-refractivity contribution in [2.24, 2.45) is 0 Å². The molecule has 0 radical (unpaired) electrons. The lowest BCUT2D eigenvalue weighted by Crippen LogP contribution is -1.91. The summed E-state index contributed by atoms with van der Waals surface area (Å²) in [5.41, 5.74) is 41.8. The van der Waals surface area contributed by atoms with E-state index in [9.17, 15) is 0 Å². The number of benzene rings is 15. The van der Waals surface area contributed by atoms with E-state index >= 15 is 0 Å². The Kier molecular flexibility index (Phi) is 27.1. The third-order valence-electron chi connectivity index (χ3n) is 22.5. The van der Waals surface area contributed by atoms with E-state index in [-0.39, 0.29) is 0 Å². The molecule has 0 unspecified atom stereocenters. The topological polar surface area (TPSA) is 64.5 Å². The molecule has 20 rings (SSSR count). The van der Waals surface area contributed by atoms with Crippen molar-refractivity contribution < 1.29 is 0 Å². The summed E-state index contributed by atoms with van der Waals surface area (Å²) in [6.45, 7) is 10.8. The van der Waals surface area contributed by atoms with Crippen molar-refractivity contribution in [3.63, 3.8) is 0 Å². The first-order valence-corrected chi connectivity index (χ1v) is 42.5. The first kappa shape index (κ1) is 82.7. The van der Waals surface area contributed by atoms with Crippen LogP contribution in [0.3, 0.4) is 0 Å². The Labute approximate surface area is 735 Å². The lowest BCUT2D eigenvalue weighted by Gasteiger charge is -2.14. The summed E-state index contributed by atoms with van der Waals surface area (Å²) in [5, 5.41) is 0. The van der Waals surface area contributed by atoms with Gasteiger partial charge >= 0.3 is 0 Å². The van der Waals surface area contributed by atoms with Crippen molar-refractivity contribution in [2.75, 3.05) is 0 Å². The minimum Gasteiger partial charge on any atom is -0.265 e. The molecule has 5 heteroatoms. The third kappa shape index (κ3) is 20.4. The third-order valence-corrected chi connectivity index (χ3v) is 22.5. The van der Waals surface area contributed by atoms with Gasteiger partial charge in [0.2, 0.25) is 0 Å². The molecule has 0 spiro atoms. The molecule has 0 aliphatic rings. The molecule has 0 saturated carbocycles. The van der Waals surface area contributed by atoms with E-state index in [4.69, 9.17) is 9.97 Å². The van der Waals surface area contributed by atoms with E-state index in [0.717, 1.165) is 61.7 Å². The molecule has 20 aromatic rings. The van der Waals surface area contributed by atoms with Gasteiger partial charge in [-0.1, -0.05) is 413 Å². The zero-order valence-electron chi connectivity index (χ0n) is 70.9. The summed E-state index contributed by atoms with van der Waals surface area (Å²) in [5.74, 6) is 0. The number of pyridine rings is 5. The van der Waals surface area contributed by atoms with Crippen LogP contribution in [0.2, 0.25) is 0 Å². The number of hydrogen-bond acceptors (Lipinski definition) is 5. The molecule has 0 amide bonds. The monoisotopic (exact) mass is 1610 g/mol. The smallest absolute Gasteiger partial charge is 0.0708 e. The van der Waals surface area contributed by atoms with Crippen LogP contribution >= 0.6 is 0 Å². The lowest BCUT2D eigenvalue weighted by molar-refractivity contribution is 1.32. The molecule has 0 fully saturated rings. The van der Waals surface area contributed by atoms with Gasteiger partial charge in [-0.3, -0.25) is 24.9 Å². The summed E-state index contributed by atoms with van der Waals surface area (Å²) in [7, 11) is 0. The van der Waals surface area contributed by atoms with Gasteiger partial charge in [0.15, 0.2) is 0 Å². The fourth-order valence-corrected chi connectivity index (χ4v) is 16.1. The van der Waals surface area contributed by atoms with Gasteiger partial charge in [-0.05, 0) is 199 Å². The number of aromatic nitrogens is 5. The van der Waals surface area contributed by atoms with Crippen LogP contribution in [-0.2, 0) is 0 Å². The predicted molar refractivity (Wildman–Crippen MR) is 526 cm³/mol. The molecule has 0 N–H and O–H groups in total. The normalized spacial score (nSPS) is 10.6. The van der Waals surface area contributed by atoms with E-state index in [1.165, 1.54) is 134 Å². The Balaban J connectivity index is 0.000000115. The molecular formula is C120H95N5. The summed E-state index contributed by atoms with van der Waals surface area (Å²) in [6.07, 6.45) is 11.5. The molecular weight excluding hydrogens is 1510 g/mol. The molecule has 0 aliphatic heterocycles. The van der Waals surface area contributed by atoms with Gasteiger partial charge in [0.05, 0.1) is 22.8 Å². The fourth-order valence-electron chi connectivity index (χ4n) is 16.1. The Hall–Kier alpha value is -16.0. The van der Waals surface area contributed by atoms with Gasteiger partial charge in [0.1, 0.15) is 0 Å². The number of hydrogen-bond donors (Lipinski definition) is 0. The van der Waals surface area contributed by atoms with Crippen molar-refractivity contribution in [1.29, 1.82) is 0 Å². The van der Waals surface area contributed by atoms with E-state index < -0.39 is 0 Å². The zero-order valence-corrected chi connectivity index (χ0v) is 70.9. The Morgan fingerprint density at radius 1 is 0.128 bits per heavy atom. The summed E-state index contributed by atoms with van der Waals surface area (Å²) in [6, 6.07) is 156. The maximum atomic E-state index is 4.75. The van der Waals surface area contributed by atoms with Crippen LogP contribution in [0, 0.1) is 34.6 Å². The molecule has 0 bridgehead atoms. The summed E-state index contributed by atoms with van der Waals surface area (Å²) < 4.78 is 0. The second-order valence-electron chi connectivity index (χ2n) is 30.8. The largest absolute Gasteiger partial charge is 0.265 e. The average Bonchev–Trinajstić information content (AvgIpc) is 0.810. The highest BCUT2D eigenvalue weighted by Crippen LogP contribution is 2.41. The Bertz CT molecular complexity index is 6270. The molecule has 5 nitrogen and oxygen atoms in total. The zero-order chi connectivity index (χ0) is 85.3. The number of aryl methyl sites for hydroxylation is 5. The molecule has 600 valence electrons. The standard InChI is InChI=1S/5C24H19N/c1-18-9-8-14-22(24(18)20-12-6-3-7-13-20)21-15-16-23(25-17-21)19-10-4-2-5-11-19;1-18-9-8-14-22(24(18)20-12-6-3-7-13-20)23-16-15-21(17-25-23)19-10-4-2-5-11-19;1-18-9-5-6-12-21(18)23-14-8-7-13-22(23)20-15-16-24(25-17-20)19-10-3-2-4-11-19;1-18-9-5-6-12-21(18)22-13-7-8-14-23(22)24-16-15-20(17-25-24)19-10-3-2-4-11-19;1-18-6-5-9-23(24(18)22-7-3-2-4-8-22)21-12-10-19(11-13-21)20-14-16-25-17-15-20/h5*2-17H,1H3. The summed E-state index contributed by atoms with van der Waals surface area (Å²) >= 11 is 0. The highest BCUT2D eigenvalue weighted by molar-refractivity contribution is 5.90. The molecule has 125 heavy (non-hydrogen) atoms. The highest BCUT2D eigenvalue weighted by Gasteiger charge is 2.17. The SMILES string of the molecule is Cc1cccc(-c2ccc(-c3ccccc3)cn2)c1-c1ccccc1.Cc1cccc(-c2ccc(-c3ccccc3)nc2)c1-c1ccccc1.Cc1cccc(-c2ccc(-c3ccncc3)cc2)c1-c1ccccc1.Cc1ccccc1-c1ccccc1-c1ccc(-c2ccccc2)cn1.Cc1ccccc1-c1ccccc1-c1ccc(-c2ccccc2)nc1. The maximum Gasteiger partial charge on any atom is 0.0708 e. The van der Waals surface area contributed by atoms with E-state index in [1.807, 2.05) is 104 Å². The molecule has 5 heterocycles. The number of rotatable bonds is 15. The highest BCUT2D eigenvalue weighted by atomic mass is 14.7. The molecule has 0 aliphatic carbocycles. The van der Waals surface area contributed by atoms with Gasteiger partial charge in [-0.2, -0.15) is 0 Å².